The molecule has 3 N–H and O–H groups in total. The minimum absolute atomic E-state index is 0.0220. The molecule has 4 aromatic rings. The van der Waals surface area contributed by atoms with Gasteiger partial charge in [-0.1, -0.05) is 6.07 Å². The van der Waals surface area contributed by atoms with E-state index in [0.717, 1.165) is 46.1 Å². The molecule has 2 aliphatic rings. The molecule has 10 heteroatoms. The summed E-state index contributed by atoms with van der Waals surface area (Å²) >= 11 is 0. The number of methoxy groups -OCH3 is 1. The molecule has 2 atom stereocenters. The summed E-state index contributed by atoms with van der Waals surface area (Å²) in [7, 11) is -1.74. The van der Waals surface area contributed by atoms with Crippen LogP contribution in [0.4, 0.5) is 17.2 Å². The summed E-state index contributed by atoms with van der Waals surface area (Å²) in [6.07, 6.45) is 1.90. The van der Waals surface area contributed by atoms with E-state index in [9.17, 15) is 13.2 Å². The number of fused-ring (bicyclic) bond motifs is 3. The first-order chi connectivity index (χ1) is 17.7. The van der Waals surface area contributed by atoms with Crippen LogP contribution in [0.25, 0.3) is 10.9 Å². The predicted octanol–water partition coefficient (Wildman–Crippen LogP) is 4.49. The molecule has 190 valence electrons. The Hall–Kier alpha value is -4.05. The lowest BCUT2D eigenvalue weighted by Crippen LogP contribution is -2.21. The van der Waals surface area contributed by atoms with E-state index in [1.165, 1.54) is 6.07 Å². The highest BCUT2D eigenvalue weighted by atomic mass is 32.2. The Bertz CT molecular complexity index is 1680. The van der Waals surface area contributed by atoms with E-state index >= 15 is 0 Å². The van der Waals surface area contributed by atoms with Crippen molar-refractivity contribution in [2.45, 2.75) is 29.6 Å². The van der Waals surface area contributed by atoms with Crippen LogP contribution in [0.3, 0.4) is 0 Å². The first kappa shape index (κ1) is 23.4. The van der Waals surface area contributed by atoms with E-state index in [1.807, 2.05) is 43.3 Å². The number of aromatic amines is 1. The normalized spacial score (nSPS) is 20.1. The first-order valence-corrected chi connectivity index (χ1v) is 13.9. The molecule has 1 amide bonds. The Morgan fingerprint density at radius 1 is 1.14 bits per heavy atom. The van der Waals surface area contributed by atoms with E-state index in [2.05, 4.69) is 20.8 Å². The zero-order valence-electron chi connectivity index (χ0n) is 20.6. The molecule has 37 heavy (non-hydrogen) atoms. The maximum absolute atomic E-state index is 13.0. The van der Waals surface area contributed by atoms with Crippen molar-refractivity contribution in [3.63, 3.8) is 0 Å². The number of anilines is 3. The fourth-order valence-electron chi connectivity index (χ4n) is 5.29. The van der Waals surface area contributed by atoms with Crippen LogP contribution in [-0.2, 0) is 20.0 Å². The smallest absolute Gasteiger partial charge is 0.235 e. The molecule has 3 aromatic carbocycles. The summed E-state index contributed by atoms with van der Waals surface area (Å²) in [6, 6.07) is 16.5. The average Bonchev–Trinajstić information content (AvgIpc) is 3.43. The van der Waals surface area contributed by atoms with Crippen molar-refractivity contribution in [1.82, 2.24) is 10.2 Å². The third-order valence-corrected chi connectivity index (χ3v) is 8.36. The average molecular weight is 519 g/mol. The number of hydrogen-bond donors (Lipinski definition) is 3. The summed E-state index contributed by atoms with van der Waals surface area (Å²) in [5.41, 5.74) is 3.75. The highest BCUT2D eigenvalue weighted by Gasteiger charge is 2.65. The lowest BCUT2D eigenvalue weighted by molar-refractivity contribution is -0.118. The fraction of sp³-hybridized carbons (Fsp3) is 0.259. The minimum atomic E-state index is -3.37. The zero-order chi connectivity index (χ0) is 25.9. The molecule has 1 aliphatic carbocycles. The van der Waals surface area contributed by atoms with E-state index in [-0.39, 0.29) is 16.7 Å². The number of benzene rings is 3. The number of amides is 1. The number of rotatable bonds is 7. The van der Waals surface area contributed by atoms with Crippen molar-refractivity contribution in [3.05, 3.63) is 65.7 Å². The van der Waals surface area contributed by atoms with Crippen LogP contribution < -0.4 is 20.1 Å². The number of carbonyl (C=O) groups excluding carboxylic acids is 1. The van der Waals surface area contributed by atoms with Crippen molar-refractivity contribution in [2.75, 3.05) is 30.6 Å². The van der Waals surface area contributed by atoms with Gasteiger partial charge in [-0.15, -0.1) is 0 Å². The van der Waals surface area contributed by atoms with Crippen LogP contribution in [-0.4, -0.2) is 44.5 Å². The number of H-pyrrole nitrogens is 1. The van der Waals surface area contributed by atoms with Gasteiger partial charge in [0.2, 0.25) is 5.91 Å². The van der Waals surface area contributed by atoms with E-state index in [4.69, 9.17) is 9.47 Å². The maximum atomic E-state index is 13.0. The second-order valence-corrected chi connectivity index (χ2v) is 11.5. The molecule has 6 rings (SSSR count). The van der Waals surface area contributed by atoms with Gasteiger partial charge in [-0.2, -0.15) is 5.10 Å². The van der Waals surface area contributed by atoms with Gasteiger partial charge in [0.25, 0.3) is 0 Å². The van der Waals surface area contributed by atoms with Crippen molar-refractivity contribution in [3.8, 4) is 11.5 Å². The van der Waals surface area contributed by atoms with Crippen molar-refractivity contribution in [1.29, 1.82) is 0 Å². The summed E-state index contributed by atoms with van der Waals surface area (Å²) in [4.78, 5) is 13.2. The Morgan fingerprint density at radius 2 is 1.97 bits per heavy atom. The molecule has 2 heterocycles. The zero-order valence-corrected chi connectivity index (χ0v) is 21.4. The van der Waals surface area contributed by atoms with Gasteiger partial charge >= 0.3 is 0 Å². The van der Waals surface area contributed by atoms with Gasteiger partial charge in [0.05, 0.1) is 35.2 Å². The van der Waals surface area contributed by atoms with Crippen molar-refractivity contribution < 1.29 is 22.7 Å². The van der Waals surface area contributed by atoms with Gasteiger partial charge < -0.3 is 20.1 Å². The Labute approximate surface area is 214 Å². The Balaban J connectivity index is 1.30. The standard InChI is InChI=1S/C27H26N4O5S/c1-4-36-24-13-17(37(3,33)34)7-10-22(24)28-25-18-8-5-15(11-23(18)30-31-25)20-14-27(20)19-12-16(35-2)6-9-21(19)29-26(27)32/h5-13,20H,4,14H2,1-3H3,(H,29,32)(H2,28,30,31)/t20-,27-/m0/s1. The number of nitrogens with zero attached hydrogens (tertiary/aromatic N) is 1. The van der Waals surface area contributed by atoms with E-state index in [1.54, 1.807) is 19.2 Å². The number of ether oxygens (including phenoxy) is 2. The third kappa shape index (κ3) is 3.71. The Morgan fingerprint density at radius 3 is 2.73 bits per heavy atom. The van der Waals surface area contributed by atoms with Gasteiger partial charge in [-0.05, 0) is 66.9 Å². The molecule has 9 nitrogen and oxygen atoms in total. The van der Waals surface area contributed by atoms with Crippen LogP contribution in [0.2, 0.25) is 0 Å². The highest BCUT2D eigenvalue weighted by molar-refractivity contribution is 7.90. The van der Waals surface area contributed by atoms with Gasteiger partial charge in [0, 0.05) is 29.3 Å². The predicted molar refractivity (Wildman–Crippen MR) is 141 cm³/mol. The molecule has 1 spiro atoms. The summed E-state index contributed by atoms with van der Waals surface area (Å²) in [5.74, 6) is 1.83. The second-order valence-electron chi connectivity index (χ2n) is 9.46. The number of nitrogens with one attached hydrogen (secondary N) is 3. The second kappa shape index (κ2) is 8.24. The molecule has 1 fully saturated rings. The van der Waals surface area contributed by atoms with Crippen LogP contribution >= 0.6 is 0 Å². The molecule has 0 radical (unpaired) electrons. The molecular weight excluding hydrogens is 492 g/mol. The molecular formula is C27H26N4O5S. The monoisotopic (exact) mass is 518 g/mol. The van der Waals surface area contributed by atoms with Gasteiger partial charge in [0.15, 0.2) is 15.7 Å². The lowest BCUT2D eigenvalue weighted by Gasteiger charge is -2.13. The van der Waals surface area contributed by atoms with Crippen molar-refractivity contribution >= 4 is 43.8 Å². The number of hydrogen-bond acceptors (Lipinski definition) is 7. The van der Waals surface area contributed by atoms with Gasteiger partial charge in [-0.3, -0.25) is 9.89 Å². The van der Waals surface area contributed by atoms with Gasteiger partial charge in [0.1, 0.15) is 11.5 Å². The van der Waals surface area contributed by atoms with Crippen LogP contribution in [0.15, 0.2) is 59.5 Å². The maximum Gasteiger partial charge on any atom is 0.235 e. The van der Waals surface area contributed by atoms with Crippen LogP contribution in [0.1, 0.15) is 30.4 Å². The highest BCUT2D eigenvalue weighted by Crippen LogP contribution is 2.65. The number of aromatic nitrogens is 2. The SMILES string of the molecule is CCOc1cc(S(C)(=O)=O)ccc1Nc1n[nH]c2cc([C@@H]3C[C@@]34C(=O)Nc3ccc(OC)cc34)ccc12. The van der Waals surface area contributed by atoms with Crippen LogP contribution in [0, 0.1) is 0 Å². The Kier molecular flexibility index (Phi) is 5.20. The summed E-state index contributed by atoms with van der Waals surface area (Å²) in [6.45, 7) is 2.23. The molecule has 0 bridgehead atoms. The number of carbonyl (C=O) groups is 1. The number of sulfone groups is 1. The summed E-state index contributed by atoms with van der Waals surface area (Å²) in [5, 5.41) is 14.7. The quantitative estimate of drug-likeness (QED) is 0.329. The van der Waals surface area contributed by atoms with E-state index in [0.29, 0.717) is 23.9 Å². The van der Waals surface area contributed by atoms with Crippen molar-refractivity contribution in [2.24, 2.45) is 0 Å². The van der Waals surface area contributed by atoms with Gasteiger partial charge in [-0.25, -0.2) is 8.42 Å². The molecule has 1 saturated carbocycles. The molecule has 0 saturated heterocycles. The third-order valence-electron chi connectivity index (χ3n) is 7.24. The molecule has 1 aromatic heterocycles. The largest absolute Gasteiger partial charge is 0.497 e. The minimum Gasteiger partial charge on any atom is -0.497 e. The first-order valence-electron chi connectivity index (χ1n) is 12.0. The topological polar surface area (TPSA) is 122 Å². The fourth-order valence-corrected chi connectivity index (χ4v) is 5.92. The molecule has 1 aliphatic heterocycles. The van der Waals surface area contributed by atoms with Crippen LogP contribution in [0.5, 0.6) is 11.5 Å². The van der Waals surface area contributed by atoms with E-state index < -0.39 is 15.3 Å². The lowest BCUT2D eigenvalue weighted by atomic mass is 9.91. The molecule has 0 unspecified atom stereocenters. The summed E-state index contributed by atoms with van der Waals surface area (Å²) < 4.78 is 35.0.